The van der Waals surface area contributed by atoms with E-state index in [1.54, 1.807) is 6.07 Å². The van der Waals surface area contributed by atoms with E-state index >= 15 is 0 Å². The molecule has 0 saturated heterocycles. The van der Waals surface area contributed by atoms with E-state index in [1.165, 1.54) is 5.56 Å². The topological polar surface area (TPSA) is 50.1 Å². The van der Waals surface area contributed by atoms with Crippen molar-refractivity contribution in [1.82, 2.24) is 15.1 Å². The molecule has 4 heteroatoms. The molecule has 2 aromatic rings. The maximum absolute atomic E-state index is 9.78. The largest absolute Gasteiger partial charge is 0.508 e. The van der Waals surface area contributed by atoms with Gasteiger partial charge in [0.25, 0.3) is 0 Å². The fourth-order valence-corrected chi connectivity index (χ4v) is 2.22. The minimum atomic E-state index is 0.347. The van der Waals surface area contributed by atoms with E-state index in [2.05, 4.69) is 17.3 Å². The predicted molar refractivity (Wildman–Crippen MR) is 76.0 cm³/mol. The molecule has 1 heterocycles. The van der Waals surface area contributed by atoms with Crippen LogP contribution in [0.5, 0.6) is 5.75 Å². The van der Waals surface area contributed by atoms with Crippen LogP contribution in [0.2, 0.25) is 0 Å². The van der Waals surface area contributed by atoms with Crippen molar-refractivity contribution in [1.29, 1.82) is 0 Å². The van der Waals surface area contributed by atoms with Gasteiger partial charge in [0.1, 0.15) is 5.75 Å². The summed E-state index contributed by atoms with van der Waals surface area (Å²) in [7, 11) is 1.94. The fourth-order valence-electron chi connectivity index (χ4n) is 2.22. The summed E-state index contributed by atoms with van der Waals surface area (Å²) in [6.07, 6.45) is 2.98. The zero-order valence-corrected chi connectivity index (χ0v) is 11.8. The van der Waals surface area contributed by atoms with Crippen LogP contribution < -0.4 is 5.32 Å². The molecule has 19 heavy (non-hydrogen) atoms. The van der Waals surface area contributed by atoms with Crippen LogP contribution in [0.4, 0.5) is 0 Å². The second kappa shape index (κ2) is 5.89. The summed E-state index contributed by atoms with van der Waals surface area (Å²) in [5.74, 6) is 0.347. The van der Waals surface area contributed by atoms with Crippen molar-refractivity contribution < 1.29 is 5.11 Å². The number of nitrogens with one attached hydrogen (secondary N) is 1. The third-order valence-corrected chi connectivity index (χ3v) is 3.19. The molecule has 0 fully saturated rings. The molecule has 4 nitrogen and oxygen atoms in total. The van der Waals surface area contributed by atoms with E-state index < -0.39 is 0 Å². The minimum absolute atomic E-state index is 0.347. The van der Waals surface area contributed by atoms with Crippen LogP contribution in [0.3, 0.4) is 0 Å². The second-order valence-corrected chi connectivity index (χ2v) is 4.86. The highest BCUT2D eigenvalue weighted by Gasteiger charge is 2.06. The quantitative estimate of drug-likeness (QED) is 0.866. The molecule has 102 valence electrons. The van der Waals surface area contributed by atoms with Crippen LogP contribution >= 0.6 is 0 Å². The first-order valence-corrected chi connectivity index (χ1v) is 6.60. The number of phenols is 1. The molecular formula is C15H21N3O. The first-order valence-electron chi connectivity index (χ1n) is 6.60. The fraction of sp³-hybridized carbons (Fsp3) is 0.400. The zero-order chi connectivity index (χ0) is 13.8. The molecule has 0 bridgehead atoms. The number of aromatic nitrogens is 2. The predicted octanol–water partition coefficient (Wildman–Crippen LogP) is 2.29. The maximum atomic E-state index is 9.78. The summed E-state index contributed by atoms with van der Waals surface area (Å²) in [4.78, 5) is 0. The van der Waals surface area contributed by atoms with Crippen LogP contribution in [0.25, 0.3) is 0 Å². The highest BCUT2D eigenvalue weighted by molar-refractivity contribution is 5.35. The number of benzene rings is 1. The summed E-state index contributed by atoms with van der Waals surface area (Å²) in [5.41, 5.74) is 4.44. The van der Waals surface area contributed by atoms with Crippen molar-refractivity contribution in [2.75, 3.05) is 0 Å². The maximum Gasteiger partial charge on any atom is 0.120 e. The molecule has 0 atom stereocenters. The summed E-state index contributed by atoms with van der Waals surface area (Å²) < 4.78 is 1.85. The SMILES string of the molecule is CCc1nn(C)cc1CNCc1cc(C)ccc1O. The van der Waals surface area contributed by atoms with Gasteiger partial charge in [0.05, 0.1) is 5.69 Å². The Morgan fingerprint density at radius 1 is 1.26 bits per heavy atom. The van der Waals surface area contributed by atoms with Crippen LogP contribution in [0, 0.1) is 6.92 Å². The van der Waals surface area contributed by atoms with E-state index in [0.29, 0.717) is 12.3 Å². The second-order valence-electron chi connectivity index (χ2n) is 4.86. The van der Waals surface area contributed by atoms with Crippen molar-refractivity contribution >= 4 is 0 Å². The molecule has 0 saturated carbocycles. The molecule has 0 aliphatic carbocycles. The van der Waals surface area contributed by atoms with E-state index in [1.807, 2.05) is 37.0 Å². The Hall–Kier alpha value is -1.81. The number of phenolic OH excluding ortho intramolecular Hbond substituents is 1. The van der Waals surface area contributed by atoms with Crippen LogP contribution in [0.15, 0.2) is 24.4 Å². The van der Waals surface area contributed by atoms with Crippen molar-refractivity contribution in [3.05, 3.63) is 46.8 Å². The van der Waals surface area contributed by atoms with E-state index in [0.717, 1.165) is 29.8 Å². The highest BCUT2D eigenvalue weighted by Crippen LogP contribution is 2.18. The van der Waals surface area contributed by atoms with Gasteiger partial charge in [-0.2, -0.15) is 5.10 Å². The standard InChI is InChI=1S/C15H21N3O/c1-4-14-13(10-18(3)17-14)9-16-8-12-7-11(2)5-6-15(12)19/h5-7,10,16,19H,4,8-9H2,1-3H3. The minimum Gasteiger partial charge on any atom is -0.508 e. The Kier molecular flexibility index (Phi) is 4.22. The van der Waals surface area contributed by atoms with Gasteiger partial charge >= 0.3 is 0 Å². The van der Waals surface area contributed by atoms with Gasteiger partial charge in [-0.25, -0.2) is 0 Å². The van der Waals surface area contributed by atoms with Crippen molar-refractivity contribution in [3.63, 3.8) is 0 Å². The molecule has 1 aromatic heterocycles. The van der Waals surface area contributed by atoms with Crippen molar-refractivity contribution in [2.45, 2.75) is 33.4 Å². The molecule has 2 N–H and O–H groups in total. The summed E-state index contributed by atoms with van der Waals surface area (Å²) >= 11 is 0. The molecule has 0 amide bonds. The van der Waals surface area contributed by atoms with Gasteiger partial charge in [0.15, 0.2) is 0 Å². The Balaban J connectivity index is 1.98. The summed E-state index contributed by atoms with van der Waals surface area (Å²) in [5, 5.41) is 17.6. The van der Waals surface area contributed by atoms with E-state index in [4.69, 9.17) is 0 Å². The number of aryl methyl sites for hydroxylation is 3. The lowest BCUT2D eigenvalue weighted by molar-refractivity contribution is 0.464. The lowest BCUT2D eigenvalue weighted by Gasteiger charge is -2.07. The molecular weight excluding hydrogens is 238 g/mol. The monoisotopic (exact) mass is 259 g/mol. The molecule has 2 rings (SSSR count). The number of rotatable bonds is 5. The molecule has 0 aliphatic heterocycles. The van der Waals surface area contributed by atoms with Crippen molar-refractivity contribution in [3.8, 4) is 5.75 Å². The average molecular weight is 259 g/mol. The van der Waals surface area contributed by atoms with E-state index in [9.17, 15) is 5.11 Å². The van der Waals surface area contributed by atoms with Gasteiger partial charge in [0.2, 0.25) is 0 Å². The summed E-state index contributed by atoms with van der Waals surface area (Å²) in [6.45, 7) is 5.56. The van der Waals surface area contributed by atoms with Crippen molar-refractivity contribution in [2.24, 2.45) is 7.05 Å². The summed E-state index contributed by atoms with van der Waals surface area (Å²) in [6, 6.07) is 5.66. The third-order valence-electron chi connectivity index (χ3n) is 3.19. The Bertz CT molecular complexity index is 561. The lowest BCUT2D eigenvalue weighted by Crippen LogP contribution is -2.13. The van der Waals surface area contributed by atoms with Crippen LogP contribution in [-0.2, 0) is 26.6 Å². The van der Waals surface area contributed by atoms with Crippen LogP contribution in [0.1, 0.15) is 29.3 Å². The number of hydrogen-bond acceptors (Lipinski definition) is 3. The number of aromatic hydroxyl groups is 1. The van der Waals surface area contributed by atoms with Gasteiger partial charge < -0.3 is 10.4 Å². The Labute approximate surface area is 114 Å². The van der Waals surface area contributed by atoms with Gasteiger partial charge in [-0.05, 0) is 19.4 Å². The first-order chi connectivity index (χ1) is 9.10. The molecule has 0 unspecified atom stereocenters. The van der Waals surface area contributed by atoms with Gasteiger partial charge in [0, 0.05) is 37.5 Å². The van der Waals surface area contributed by atoms with Gasteiger partial charge in [-0.15, -0.1) is 0 Å². The highest BCUT2D eigenvalue weighted by atomic mass is 16.3. The lowest BCUT2D eigenvalue weighted by atomic mass is 10.1. The Morgan fingerprint density at radius 2 is 2.00 bits per heavy atom. The zero-order valence-electron chi connectivity index (χ0n) is 11.8. The van der Waals surface area contributed by atoms with Gasteiger partial charge in [-0.3, -0.25) is 4.68 Å². The Morgan fingerprint density at radius 3 is 2.74 bits per heavy atom. The number of nitrogens with zero attached hydrogens (tertiary/aromatic N) is 2. The smallest absolute Gasteiger partial charge is 0.120 e. The normalized spacial score (nSPS) is 10.9. The molecule has 0 spiro atoms. The molecule has 0 aliphatic rings. The molecule has 1 aromatic carbocycles. The van der Waals surface area contributed by atoms with E-state index in [-0.39, 0.29) is 0 Å². The third kappa shape index (κ3) is 3.35. The van der Waals surface area contributed by atoms with Gasteiger partial charge in [-0.1, -0.05) is 24.6 Å². The average Bonchev–Trinajstić information content (AvgIpc) is 2.74. The molecule has 0 radical (unpaired) electrons. The van der Waals surface area contributed by atoms with Crippen LogP contribution in [-0.4, -0.2) is 14.9 Å². The first kappa shape index (κ1) is 13.6. The number of hydrogen-bond donors (Lipinski definition) is 2.